The Labute approximate surface area is 222 Å². The lowest BCUT2D eigenvalue weighted by Crippen LogP contribution is -2.46. The Balaban J connectivity index is 1.56. The molecule has 188 valence electrons. The summed E-state index contributed by atoms with van der Waals surface area (Å²) < 4.78 is 2.04. The van der Waals surface area contributed by atoms with Crippen molar-refractivity contribution in [1.82, 2.24) is 20.0 Å². The molecule has 6 nitrogen and oxygen atoms in total. The van der Waals surface area contributed by atoms with E-state index in [1.807, 2.05) is 30.7 Å². The molecule has 2 heterocycles. The minimum Gasteiger partial charge on any atom is -0.308 e. The van der Waals surface area contributed by atoms with E-state index in [-0.39, 0.29) is 23.3 Å². The predicted molar refractivity (Wildman–Crippen MR) is 148 cm³/mol. The number of fused-ring (bicyclic) bond motifs is 3. The number of allylic oxidation sites excluding steroid dienone is 2. The molecule has 0 bridgehead atoms. The van der Waals surface area contributed by atoms with E-state index in [1.165, 1.54) is 11.1 Å². The van der Waals surface area contributed by atoms with Gasteiger partial charge in [0, 0.05) is 28.0 Å². The average Bonchev–Trinajstić information content (AvgIpc) is 3.32. The van der Waals surface area contributed by atoms with Crippen molar-refractivity contribution in [3.8, 4) is 28.2 Å². The standard InChI is InChI=1S/C32H29N5O/c1-19-6-8-23(9-7-19)29-25-14-15-26-21(3)30(38)28(33-5)17-32(26,4)31(25)37(36-29)24-12-10-22(11-13-24)27-16-20(2)18-34-35-27/h6-13,16-18,21,26H,14-15H2,1-4H3/t21-,26-,32-/m1/s1. The van der Waals surface area contributed by atoms with Crippen LogP contribution in [0.25, 0.3) is 33.0 Å². The summed E-state index contributed by atoms with van der Waals surface area (Å²) in [5, 5.41) is 13.6. The van der Waals surface area contributed by atoms with Gasteiger partial charge in [-0.05, 0) is 56.4 Å². The maximum Gasteiger partial charge on any atom is 0.226 e. The lowest BCUT2D eigenvalue weighted by molar-refractivity contribution is -0.121. The van der Waals surface area contributed by atoms with Crippen molar-refractivity contribution >= 4 is 5.78 Å². The fourth-order valence-electron chi connectivity index (χ4n) is 6.33. The molecule has 0 saturated carbocycles. The third kappa shape index (κ3) is 3.69. The Kier molecular flexibility index (Phi) is 5.61. The molecule has 0 unspecified atom stereocenters. The van der Waals surface area contributed by atoms with Crippen molar-refractivity contribution in [3.05, 3.63) is 106 Å². The lowest BCUT2D eigenvalue weighted by Gasteiger charge is -2.45. The van der Waals surface area contributed by atoms with Gasteiger partial charge in [0.15, 0.2) is 5.78 Å². The summed E-state index contributed by atoms with van der Waals surface area (Å²) in [6, 6.07) is 18.7. The SMILES string of the molecule is [C-]#[N+]C1=C[C@@]2(C)c3c(c(-c4ccc(C)cc4)nn3-c3ccc(-c4cc(C)cnn4)cc3)CC[C@@H]2[C@@H](C)C1=O. The summed E-state index contributed by atoms with van der Waals surface area (Å²) in [7, 11) is 0. The van der Waals surface area contributed by atoms with Gasteiger partial charge in [-0.15, -0.1) is 0 Å². The van der Waals surface area contributed by atoms with E-state index in [2.05, 4.69) is 77.4 Å². The van der Waals surface area contributed by atoms with Gasteiger partial charge in [-0.3, -0.25) is 0 Å². The van der Waals surface area contributed by atoms with Crippen LogP contribution in [0.2, 0.25) is 0 Å². The van der Waals surface area contributed by atoms with Crippen LogP contribution in [0.4, 0.5) is 0 Å². The van der Waals surface area contributed by atoms with Gasteiger partial charge in [0.2, 0.25) is 5.70 Å². The summed E-state index contributed by atoms with van der Waals surface area (Å²) in [5.74, 6) is -0.147. The molecule has 6 heteroatoms. The molecule has 2 aromatic carbocycles. The highest BCUT2D eigenvalue weighted by Gasteiger charge is 2.50. The number of ketones is 1. The highest BCUT2D eigenvalue weighted by molar-refractivity contribution is 6.00. The molecular weight excluding hydrogens is 470 g/mol. The molecule has 3 atom stereocenters. The number of Topliss-reactive ketones (excluding diaryl/α,β-unsaturated/α-hetero) is 1. The predicted octanol–water partition coefficient (Wildman–Crippen LogP) is 6.46. The smallest absolute Gasteiger partial charge is 0.226 e. The van der Waals surface area contributed by atoms with Gasteiger partial charge in [0.1, 0.15) is 0 Å². The van der Waals surface area contributed by atoms with Crippen LogP contribution in [-0.2, 0) is 16.6 Å². The Bertz CT molecular complexity index is 1640. The molecule has 6 rings (SSSR count). The summed E-state index contributed by atoms with van der Waals surface area (Å²) in [4.78, 5) is 16.6. The molecular formula is C32H29N5O. The van der Waals surface area contributed by atoms with E-state index >= 15 is 0 Å². The molecule has 0 aliphatic heterocycles. The third-order valence-corrected chi connectivity index (χ3v) is 8.32. The number of rotatable bonds is 3. The zero-order chi connectivity index (χ0) is 26.6. The number of carbonyl (C=O) groups is 1. The fraction of sp³-hybridized carbons (Fsp3) is 0.281. The van der Waals surface area contributed by atoms with Crippen LogP contribution in [0, 0.1) is 32.3 Å². The zero-order valence-corrected chi connectivity index (χ0v) is 22.1. The topological polar surface area (TPSA) is 65.0 Å². The summed E-state index contributed by atoms with van der Waals surface area (Å²) in [6.07, 6.45) is 5.39. The van der Waals surface area contributed by atoms with Crippen LogP contribution in [0.1, 0.15) is 42.7 Å². The fourth-order valence-corrected chi connectivity index (χ4v) is 6.33. The molecule has 2 aliphatic rings. The maximum atomic E-state index is 13.0. The summed E-state index contributed by atoms with van der Waals surface area (Å²) >= 11 is 0. The largest absolute Gasteiger partial charge is 0.308 e. The van der Waals surface area contributed by atoms with E-state index in [0.717, 1.165) is 52.3 Å². The van der Waals surface area contributed by atoms with Crippen molar-refractivity contribution < 1.29 is 4.79 Å². The second-order valence-corrected chi connectivity index (χ2v) is 10.8. The molecule has 0 spiro atoms. The first-order valence-electron chi connectivity index (χ1n) is 13.0. The van der Waals surface area contributed by atoms with E-state index < -0.39 is 5.41 Å². The number of hydrogen-bond donors (Lipinski definition) is 0. The Morgan fingerprint density at radius 3 is 2.42 bits per heavy atom. The van der Waals surface area contributed by atoms with Gasteiger partial charge in [0.25, 0.3) is 0 Å². The monoisotopic (exact) mass is 499 g/mol. The molecule has 0 saturated heterocycles. The van der Waals surface area contributed by atoms with Gasteiger partial charge in [0.05, 0.1) is 35.5 Å². The molecule has 2 aromatic heterocycles. The molecule has 0 amide bonds. The molecule has 0 fully saturated rings. The van der Waals surface area contributed by atoms with Gasteiger partial charge in [-0.2, -0.15) is 15.3 Å². The maximum absolute atomic E-state index is 13.0. The van der Waals surface area contributed by atoms with Gasteiger partial charge < -0.3 is 4.79 Å². The van der Waals surface area contributed by atoms with Crippen molar-refractivity contribution in [2.24, 2.45) is 11.8 Å². The van der Waals surface area contributed by atoms with Crippen molar-refractivity contribution in [2.75, 3.05) is 0 Å². The Morgan fingerprint density at radius 2 is 1.74 bits per heavy atom. The summed E-state index contributed by atoms with van der Waals surface area (Å²) in [5.41, 5.74) is 9.09. The van der Waals surface area contributed by atoms with Crippen molar-refractivity contribution in [3.63, 3.8) is 0 Å². The van der Waals surface area contributed by atoms with Crippen LogP contribution < -0.4 is 0 Å². The van der Waals surface area contributed by atoms with E-state index in [4.69, 9.17) is 11.7 Å². The Morgan fingerprint density at radius 1 is 1.03 bits per heavy atom. The lowest BCUT2D eigenvalue weighted by atomic mass is 9.58. The minimum atomic E-state index is -0.489. The Hall–Kier alpha value is -4.37. The van der Waals surface area contributed by atoms with E-state index in [9.17, 15) is 4.79 Å². The zero-order valence-electron chi connectivity index (χ0n) is 22.1. The molecule has 0 N–H and O–H groups in total. The first kappa shape index (κ1) is 24.0. The minimum absolute atomic E-state index is 0.0423. The van der Waals surface area contributed by atoms with Gasteiger partial charge >= 0.3 is 0 Å². The van der Waals surface area contributed by atoms with E-state index in [1.54, 1.807) is 6.20 Å². The molecule has 2 aliphatic carbocycles. The molecule has 4 aromatic rings. The molecule has 38 heavy (non-hydrogen) atoms. The second kappa shape index (κ2) is 8.88. The average molecular weight is 500 g/mol. The van der Waals surface area contributed by atoms with Crippen molar-refractivity contribution in [2.45, 2.75) is 46.0 Å². The van der Waals surface area contributed by atoms with Crippen LogP contribution in [-0.4, -0.2) is 25.8 Å². The van der Waals surface area contributed by atoms with Gasteiger partial charge in [-0.1, -0.05) is 61.9 Å². The number of aryl methyl sites for hydroxylation is 2. The van der Waals surface area contributed by atoms with Crippen LogP contribution >= 0.6 is 0 Å². The highest BCUT2D eigenvalue weighted by atomic mass is 16.1. The van der Waals surface area contributed by atoms with Crippen LogP contribution in [0.3, 0.4) is 0 Å². The highest BCUT2D eigenvalue weighted by Crippen LogP contribution is 2.52. The number of aromatic nitrogens is 4. The number of nitrogens with zero attached hydrogens (tertiary/aromatic N) is 5. The van der Waals surface area contributed by atoms with Crippen LogP contribution in [0.15, 0.2) is 72.6 Å². The quantitative estimate of drug-likeness (QED) is 0.304. The normalized spacial score (nSPS) is 22.3. The number of hydrogen-bond acceptors (Lipinski definition) is 4. The third-order valence-electron chi connectivity index (χ3n) is 8.32. The van der Waals surface area contributed by atoms with Crippen LogP contribution in [0.5, 0.6) is 0 Å². The number of carbonyl (C=O) groups excluding carboxylic acids is 1. The van der Waals surface area contributed by atoms with E-state index in [0.29, 0.717) is 0 Å². The first-order valence-corrected chi connectivity index (χ1v) is 13.0. The first-order chi connectivity index (χ1) is 18.3. The molecule has 0 radical (unpaired) electrons. The van der Waals surface area contributed by atoms with Gasteiger partial charge in [-0.25, -0.2) is 9.53 Å². The summed E-state index contributed by atoms with van der Waals surface area (Å²) in [6.45, 7) is 15.9. The van der Waals surface area contributed by atoms with Crippen molar-refractivity contribution in [1.29, 1.82) is 0 Å². The number of benzene rings is 2. The second-order valence-electron chi connectivity index (χ2n) is 10.8.